The van der Waals surface area contributed by atoms with Gasteiger partial charge in [0.2, 0.25) is 10.0 Å². The summed E-state index contributed by atoms with van der Waals surface area (Å²) in [5.74, 6) is 0. The Bertz CT molecular complexity index is 292. The molecule has 82 valence electrons. The van der Waals surface area contributed by atoms with Crippen LogP contribution in [-0.2, 0) is 10.0 Å². The Hall–Kier alpha value is -0.130. The normalized spacial score (nSPS) is 25.6. The molecule has 1 N–H and O–H groups in total. The second-order valence-corrected chi connectivity index (χ2v) is 6.51. The van der Waals surface area contributed by atoms with Crippen molar-refractivity contribution in [3.05, 3.63) is 0 Å². The Balaban J connectivity index is 2.02. The summed E-state index contributed by atoms with van der Waals surface area (Å²) in [5, 5.41) is 3.18. The summed E-state index contributed by atoms with van der Waals surface area (Å²) in [4.78, 5) is 0. The van der Waals surface area contributed by atoms with Crippen LogP contribution >= 0.6 is 0 Å². The van der Waals surface area contributed by atoms with Gasteiger partial charge in [0.15, 0.2) is 0 Å². The Morgan fingerprint density at radius 1 is 1.14 bits per heavy atom. The molecule has 0 aromatic carbocycles. The van der Waals surface area contributed by atoms with Crippen LogP contribution in [0.1, 0.15) is 25.7 Å². The first-order valence-corrected chi connectivity index (χ1v) is 6.80. The number of nitrogens with one attached hydrogen (secondary N) is 1. The molecule has 1 heterocycles. The zero-order valence-corrected chi connectivity index (χ0v) is 9.39. The van der Waals surface area contributed by atoms with Crippen LogP contribution in [0.4, 0.5) is 0 Å². The summed E-state index contributed by atoms with van der Waals surface area (Å²) in [7, 11) is -1.22. The molecule has 5 heteroatoms. The van der Waals surface area contributed by atoms with E-state index in [9.17, 15) is 8.42 Å². The van der Waals surface area contributed by atoms with Gasteiger partial charge in [0.25, 0.3) is 0 Å². The minimum Gasteiger partial charge on any atom is -0.317 e. The highest BCUT2D eigenvalue weighted by Crippen LogP contribution is 2.32. The molecule has 14 heavy (non-hydrogen) atoms. The van der Waals surface area contributed by atoms with E-state index in [0.717, 1.165) is 38.8 Å². The largest absolute Gasteiger partial charge is 0.317 e. The molecule has 0 aromatic rings. The van der Waals surface area contributed by atoms with Crippen LogP contribution in [0.3, 0.4) is 0 Å². The first-order chi connectivity index (χ1) is 6.62. The molecule has 1 saturated carbocycles. The fraction of sp³-hybridized carbons (Fsp3) is 1.00. The molecular formula is C9H18N2O2S. The van der Waals surface area contributed by atoms with Gasteiger partial charge >= 0.3 is 0 Å². The minimum atomic E-state index is -2.96. The monoisotopic (exact) mass is 218 g/mol. The summed E-state index contributed by atoms with van der Waals surface area (Å²) in [5.41, 5.74) is 0. The van der Waals surface area contributed by atoms with Crippen molar-refractivity contribution < 1.29 is 8.42 Å². The average molecular weight is 218 g/mol. The fourth-order valence-electron chi connectivity index (χ4n) is 1.98. The SMILES string of the molecule is CN(C1CCNCC1)S(=O)(=O)C1CC1. The van der Waals surface area contributed by atoms with E-state index in [1.54, 1.807) is 11.4 Å². The smallest absolute Gasteiger partial charge is 0.216 e. The number of nitrogens with zero attached hydrogens (tertiary/aromatic N) is 1. The fourth-order valence-corrected chi connectivity index (χ4v) is 3.81. The second-order valence-electron chi connectivity index (χ2n) is 4.24. The van der Waals surface area contributed by atoms with Gasteiger partial charge in [0, 0.05) is 13.1 Å². The maximum Gasteiger partial charge on any atom is 0.216 e. The van der Waals surface area contributed by atoms with E-state index < -0.39 is 10.0 Å². The number of hydrogen-bond acceptors (Lipinski definition) is 3. The van der Waals surface area contributed by atoms with Gasteiger partial charge in [-0.15, -0.1) is 0 Å². The predicted molar refractivity (Wildman–Crippen MR) is 55.6 cm³/mol. The van der Waals surface area contributed by atoms with Gasteiger partial charge in [-0.2, -0.15) is 0 Å². The van der Waals surface area contributed by atoms with Gasteiger partial charge < -0.3 is 5.32 Å². The topological polar surface area (TPSA) is 49.4 Å². The van der Waals surface area contributed by atoms with E-state index in [-0.39, 0.29) is 11.3 Å². The average Bonchev–Trinajstić information content (AvgIpc) is 3.01. The maximum absolute atomic E-state index is 11.9. The third-order valence-corrected chi connectivity index (χ3v) is 5.58. The van der Waals surface area contributed by atoms with Crippen LogP contribution in [0.2, 0.25) is 0 Å². The lowest BCUT2D eigenvalue weighted by molar-refractivity contribution is 0.296. The van der Waals surface area contributed by atoms with E-state index in [1.165, 1.54) is 0 Å². The summed E-state index contributed by atoms with van der Waals surface area (Å²) in [6.45, 7) is 1.88. The van der Waals surface area contributed by atoms with Gasteiger partial charge in [-0.25, -0.2) is 12.7 Å². The Kier molecular flexibility index (Phi) is 2.81. The quantitative estimate of drug-likeness (QED) is 0.734. The standard InChI is InChI=1S/C9H18N2O2S/c1-11(8-4-6-10-7-5-8)14(12,13)9-2-3-9/h8-10H,2-7H2,1H3. The van der Waals surface area contributed by atoms with E-state index >= 15 is 0 Å². The van der Waals surface area contributed by atoms with Crippen LogP contribution in [0.15, 0.2) is 0 Å². The Labute approximate surface area is 85.7 Å². The molecule has 0 spiro atoms. The van der Waals surface area contributed by atoms with Crippen molar-refractivity contribution in [1.29, 1.82) is 0 Å². The van der Waals surface area contributed by atoms with Crippen molar-refractivity contribution in [1.82, 2.24) is 9.62 Å². The van der Waals surface area contributed by atoms with Crippen molar-refractivity contribution in [3.8, 4) is 0 Å². The summed E-state index contributed by atoms with van der Waals surface area (Å²) < 4.78 is 25.4. The first kappa shape index (κ1) is 10.4. The molecule has 4 nitrogen and oxygen atoms in total. The second kappa shape index (κ2) is 3.79. The highest BCUT2D eigenvalue weighted by atomic mass is 32.2. The third kappa shape index (κ3) is 1.94. The van der Waals surface area contributed by atoms with Crippen molar-refractivity contribution >= 4 is 10.0 Å². The van der Waals surface area contributed by atoms with E-state index in [4.69, 9.17) is 0 Å². The molecule has 1 saturated heterocycles. The van der Waals surface area contributed by atoms with Gasteiger partial charge in [0.05, 0.1) is 5.25 Å². The maximum atomic E-state index is 11.9. The van der Waals surface area contributed by atoms with Crippen LogP contribution < -0.4 is 5.32 Å². The summed E-state index contributed by atoms with van der Waals surface area (Å²) in [6.07, 6.45) is 3.61. The lowest BCUT2D eigenvalue weighted by atomic mass is 10.1. The molecule has 0 radical (unpaired) electrons. The van der Waals surface area contributed by atoms with E-state index in [2.05, 4.69) is 5.32 Å². The van der Waals surface area contributed by atoms with Crippen molar-refractivity contribution in [2.75, 3.05) is 20.1 Å². The molecule has 0 bridgehead atoms. The third-order valence-electron chi connectivity index (χ3n) is 3.17. The Morgan fingerprint density at radius 2 is 1.71 bits per heavy atom. The van der Waals surface area contributed by atoms with Gasteiger partial charge in [-0.3, -0.25) is 0 Å². The molecule has 2 aliphatic rings. The van der Waals surface area contributed by atoms with E-state index in [0.29, 0.717) is 0 Å². The van der Waals surface area contributed by atoms with E-state index in [1.807, 2.05) is 0 Å². The summed E-state index contributed by atoms with van der Waals surface area (Å²) in [6, 6.07) is 0.224. The zero-order chi connectivity index (χ0) is 10.2. The van der Waals surface area contributed by atoms with Crippen molar-refractivity contribution in [3.63, 3.8) is 0 Å². The molecule has 1 aliphatic heterocycles. The number of hydrogen-bond donors (Lipinski definition) is 1. The zero-order valence-electron chi connectivity index (χ0n) is 8.57. The number of rotatable bonds is 3. The van der Waals surface area contributed by atoms with Crippen molar-refractivity contribution in [2.24, 2.45) is 0 Å². The lowest BCUT2D eigenvalue weighted by Gasteiger charge is -2.30. The molecule has 0 unspecified atom stereocenters. The molecule has 0 atom stereocenters. The molecule has 0 amide bonds. The van der Waals surface area contributed by atoms with Crippen LogP contribution in [-0.4, -0.2) is 44.2 Å². The highest BCUT2D eigenvalue weighted by molar-refractivity contribution is 7.90. The molecule has 0 aromatic heterocycles. The molecule has 1 aliphatic carbocycles. The summed E-state index contributed by atoms with van der Waals surface area (Å²) >= 11 is 0. The number of piperidine rings is 1. The Morgan fingerprint density at radius 3 is 2.21 bits per heavy atom. The van der Waals surface area contributed by atoms with Gasteiger partial charge in [-0.1, -0.05) is 0 Å². The van der Waals surface area contributed by atoms with Crippen LogP contribution in [0, 0.1) is 0 Å². The lowest BCUT2D eigenvalue weighted by Crippen LogP contribution is -2.45. The molecule has 2 rings (SSSR count). The molecule has 2 fully saturated rings. The van der Waals surface area contributed by atoms with Crippen molar-refractivity contribution in [2.45, 2.75) is 37.0 Å². The van der Waals surface area contributed by atoms with Gasteiger partial charge in [0.1, 0.15) is 0 Å². The first-order valence-electron chi connectivity index (χ1n) is 5.30. The highest BCUT2D eigenvalue weighted by Gasteiger charge is 2.40. The minimum absolute atomic E-state index is 0.0672. The van der Waals surface area contributed by atoms with Crippen LogP contribution in [0.25, 0.3) is 0 Å². The predicted octanol–water partition coefficient (Wildman–Crippen LogP) is 0.162. The van der Waals surface area contributed by atoms with Crippen LogP contribution in [0.5, 0.6) is 0 Å². The van der Waals surface area contributed by atoms with Gasteiger partial charge in [-0.05, 0) is 38.8 Å². The molecular weight excluding hydrogens is 200 g/mol. The number of sulfonamides is 1.